The molecule has 0 spiro atoms. The van der Waals surface area contributed by atoms with Gasteiger partial charge in [0.15, 0.2) is 19.7 Å². The maximum absolute atomic E-state index is 13.8. The molecule has 25 heteroatoms. The molecule has 1 radical (unpaired) electrons. The number of rotatable bonds is 10. The van der Waals surface area contributed by atoms with Gasteiger partial charge in [-0.05, 0) is 118 Å². The SMILES string of the molecule is CC#N.CC(C)(O)c1cc(-c2ccc(-c3cccc(S(C)(=O)=O)c3)s2)n(-c2ccccc2C(F)(F)F)n1.CC(C)(O)c1nn(-c2ccccc2C(F)(F)F)c(-c2ccc(-c3cccc(S(C)(=O)=O)c3)s2)c1Cl.[B]=NS. The summed E-state index contributed by atoms with van der Waals surface area (Å²) in [5, 5.41) is 37.0. The molecule has 4 heterocycles. The topological polar surface area (TPSA) is 181 Å². The van der Waals surface area contributed by atoms with Gasteiger partial charge in [0.25, 0.3) is 0 Å². The molecule has 75 heavy (non-hydrogen) atoms. The zero-order chi connectivity index (χ0) is 56.1. The number of aliphatic hydroxyl groups is 2. The van der Waals surface area contributed by atoms with Crippen molar-refractivity contribution in [1.29, 1.82) is 5.26 Å². The molecule has 8 aromatic rings. The summed E-state index contributed by atoms with van der Waals surface area (Å²) >= 11 is 12.3. The second-order valence-corrected chi connectivity index (χ2v) is 24.0. The Kier molecular flexibility index (Phi) is 18.8. The van der Waals surface area contributed by atoms with E-state index in [4.69, 9.17) is 16.9 Å². The summed E-state index contributed by atoms with van der Waals surface area (Å²) in [5.41, 5.74) is -2.93. The average molecular weight is 1150 g/mol. The van der Waals surface area contributed by atoms with Gasteiger partial charge in [-0.25, -0.2) is 26.2 Å². The van der Waals surface area contributed by atoms with Gasteiger partial charge in [-0.3, -0.25) is 0 Å². The number of alkyl halides is 6. The van der Waals surface area contributed by atoms with Gasteiger partial charge in [0, 0.05) is 29.2 Å². The fraction of sp³-hybridized carbons (Fsp3) is 0.220. The van der Waals surface area contributed by atoms with Crippen molar-refractivity contribution in [2.45, 2.75) is 68.0 Å². The zero-order valence-corrected chi connectivity index (χ0v) is 45.6. The number of hydrogen-bond donors (Lipinski definition) is 3. The van der Waals surface area contributed by atoms with Crippen LogP contribution in [0.5, 0.6) is 0 Å². The molecule has 0 saturated heterocycles. The number of nitrogens with zero attached hydrogens (tertiary/aromatic N) is 6. The minimum absolute atomic E-state index is 0.0211. The van der Waals surface area contributed by atoms with Crippen LogP contribution >= 0.6 is 47.1 Å². The summed E-state index contributed by atoms with van der Waals surface area (Å²) in [7, 11) is -2.49. The quantitative estimate of drug-likeness (QED) is 0.0682. The van der Waals surface area contributed by atoms with Crippen LogP contribution in [0.2, 0.25) is 5.02 Å². The van der Waals surface area contributed by atoms with Crippen LogP contribution in [0.25, 0.3) is 53.4 Å². The van der Waals surface area contributed by atoms with Crippen LogP contribution in [-0.4, -0.2) is 66.8 Å². The zero-order valence-electron chi connectivity index (χ0n) is 40.6. The van der Waals surface area contributed by atoms with Gasteiger partial charge in [0.2, 0.25) is 0 Å². The molecule has 8 rings (SSSR count). The Morgan fingerprint density at radius 1 is 0.640 bits per heavy atom. The van der Waals surface area contributed by atoms with E-state index in [0.717, 1.165) is 34.2 Å². The van der Waals surface area contributed by atoms with Gasteiger partial charge in [-0.2, -0.15) is 41.8 Å². The normalized spacial score (nSPS) is 12.0. The molecule has 0 aliphatic rings. The van der Waals surface area contributed by atoms with Crippen molar-refractivity contribution in [3.05, 3.63) is 155 Å². The monoisotopic (exact) mass is 1150 g/mol. The third kappa shape index (κ3) is 14.7. The van der Waals surface area contributed by atoms with Gasteiger partial charge < -0.3 is 10.2 Å². The van der Waals surface area contributed by atoms with Crippen LogP contribution in [0.4, 0.5) is 26.3 Å². The van der Waals surface area contributed by atoms with E-state index < -0.39 is 54.4 Å². The van der Waals surface area contributed by atoms with Crippen LogP contribution in [0, 0.1) is 11.3 Å². The number of aromatic nitrogens is 4. The first-order valence-electron chi connectivity index (χ1n) is 21.6. The van der Waals surface area contributed by atoms with Crippen molar-refractivity contribution >= 4 is 74.4 Å². The van der Waals surface area contributed by atoms with E-state index in [9.17, 15) is 53.4 Å². The van der Waals surface area contributed by atoms with Crippen molar-refractivity contribution in [2.75, 3.05) is 12.5 Å². The van der Waals surface area contributed by atoms with Gasteiger partial charge in [0.05, 0.1) is 64.5 Å². The number of halogens is 7. The maximum atomic E-state index is 13.8. The van der Waals surface area contributed by atoms with E-state index in [-0.39, 0.29) is 43.3 Å². The number of thiophene rings is 2. The Morgan fingerprint density at radius 3 is 1.45 bits per heavy atom. The molecule has 0 unspecified atom stereocenters. The molecule has 0 saturated carbocycles. The van der Waals surface area contributed by atoms with E-state index in [1.54, 1.807) is 66.7 Å². The fourth-order valence-corrected chi connectivity index (χ4v) is 10.9. The molecule has 12 nitrogen and oxygen atoms in total. The molecular weight excluding hydrogens is 1100 g/mol. The van der Waals surface area contributed by atoms with Gasteiger partial charge in [0.1, 0.15) is 22.6 Å². The molecule has 2 N–H and O–H groups in total. The van der Waals surface area contributed by atoms with Crippen molar-refractivity contribution in [1.82, 2.24) is 19.6 Å². The van der Waals surface area contributed by atoms with Gasteiger partial charge in [-0.1, -0.05) is 60.1 Å². The number of para-hydroxylation sites is 2. The van der Waals surface area contributed by atoms with Gasteiger partial charge in [-0.15, -0.1) is 22.7 Å². The Bertz CT molecular complexity index is 3610. The number of sulfone groups is 2. The third-order valence-corrected chi connectivity index (χ3v) is 15.3. The van der Waals surface area contributed by atoms with Crippen LogP contribution < -0.4 is 0 Å². The third-order valence-electron chi connectivity index (χ3n) is 10.4. The first-order valence-corrected chi connectivity index (χ1v) is 27.8. The molecule has 4 aromatic carbocycles. The van der Waals surface area contributed by atoms with Crippen LogP contribution in [-0.2, 0) is 43.2 Å². The van der Waals surface area contributed by atoms with Gasteiger partial charge >= 0.3 is 37.1 Å². The molecule has 0 aliphatic heterocycles. The van der Waals surface area contributed by atoms with E-state index in [1.807, 2.05) is 0 Å². The summed E-state index contributed by atoms with van der Waals surface area (Å²) in [5.74, 6) is 0. The predicted octanol–water partition coefficient (Wildman–Crippen LogP) is 13.2. The summed E-state index contributed by atoms with van der Waals surface area (Å²) in [4.78, 5) is 2.85. The van der Waals surface area contributed by atoms with E-state index in [1.165, 1.54) is 117 Å². The van der Waals surface area contributed by atoms with Crippen LogP contribution in [0.15, 0.2) is 141 Å². The number of thiol groups is 1. The molecule has 0 amide bonds. The molecule has 0 bridgehead atoms. The molecular formula is C50H45BClF6N6O6S5. The van der Waals surface area contributed by atoms with Crippen molar-refractivity contribution in [3.63, 3.8) is 0 Å². The molecule has 0 fully saturated rings. The summed E-state index contributed by atoms with van der Waals surface area (Å²) < 4.78 is 135. The molecule has 0 aliphatic carbocycles. The fourth-order valence-electron chi connectivity index (χ4n) is 7.02. The number of nitriles is 1. The van der Waals surface area contributed by atoms with E-state index >= 15 is 0 Å². The summed E-state index contributed by atoms with van der Waals surface area (Å²) in [6.45, 7) is 7.34. The summed E-state index contributed by atoms with van der Waals surface area (Å²) in [6.07, 6.45) is -7.00. The Balaban J connectivity index is 0.000000251. The average Bonchev–Trinajstić information content (AvgIpc) is 4.15. The molecule has 393 valence electrons. The van der Waals surface area contributed by atoms with Crippen molar-refractivity contribution < 1.29 is 53.4 Å². The predicted molar refractivity (Wildman–Crippen MR) is 285 cm³/mol. The Labute approximate surface area is 449 Å². The van der Waals surface area contributed by atoms with E-state index in [2.05, 4.69) is 35.0 Å². The molecule has 4 aromatic heterocycles. The van der Waals surface area contributed by atoms with Crippen LogP contribution in [0.1, 0.15) is 57.1 Å². The number of hydrogen-bond acceptors (Lipinski definition) is 13. The van der Waals surface area contributed by atoms with E-state index in [0.29, 0.717) is 31.5 Å². The first-order chi connectivity index (χ1) is 34.8. The minimum atomic E-state index is -4.64. The van der Waals surface area contributed by atoms with Crippen LogP contribution in [0.3, 0.4) is 0 Å². The number of benzene rings is 4. The standard InChI is InChI=1S/C24H20ClF3N2O3S2.C24H21F3N2O3S2.C2H3N.BHNS/c1-23(2,31)22-20(25)21(30(29-22)17-10-5-4-9-16(17)24(26,27)28)19-12-11-18(34-19)14-7-6-8-15(13-14)35(3,32)33;1-23(2,30)22-14-19(29(28-22)18-10-5-4-9-17(18)24(25,26)27)21-12-11-20(33-21)15-7-6-8-16(13-15)34(3,31)32;2*1-2-3/h4-13,31H,1-3H3;4-14,30H,1-3H3;1H3;3H. The van der Waals surface area contributed by atoms with Crippen molar-refractivity contribution in [3.8, 4) is 59.5 Å². The first kappa shape index (κ1) is 60.0. The van der Waals surface area contributed by atoms with Crippen molar-refractivity contribution in [2.24, 2.45) is 4.30 Å². The Hall–Kier alpha value is -5.91. The second-order valence-electron chi connectivity index (χ2n) is 17.2. The molecule has 0 atom stereocenters. The second kappa shape index (κ2) is 23.5. The summed E-state index contributed by atoms with van der Waals surface area (Å²) in [6, 6.07) is 33.2. The Morgan fingerprint density at radius 2 is 1.04 bits per heavy atom.